The van der Waals surface area contributed by atoms with Crippen molar-refractivity contribution in [2.75, 3.05) is 0 Å². The molecule has 1 atom stereocenters. The topological polar surface area (TPSA) is 0 Å². The third-order valence-electron chi connectivity index (χ3n) is 3.42. The normalized spacial score (nSPS) is 12.6. The Balaban J connectivity index is 3.15. The van der Waals surface area contributed by atoms with Crippen LogP contribution in [0.5, 0.6) is 0 Å². The van der Waals surface area contributed by atoms with E-state index < -0.39 is 0 Å². The molecule has 0 bridgehead atoms. The quantitative estimate of drug-likeness (QED) is 0.277. The summed E-state index contributed by atoms with van der Waals surface area (Å²) in [6, 6.07) is 0. The van der Waals surface area contributed by atoms with Gasteiger partial charge in [0.05, 0.1) is 0 Å². The fraction of sp³-hybridized carbons (Fsp3) is 0.875. The van der Waals surface area contributed by atoms with Crippen molar-refractivity contribution >= 4 is 0 Å². The molecular formula is C16H32. The van der Waals surface area contributed by atoms with Gasteiger partial charge in [0.2, 0.25) is 0 Å². The van der Waals surface area contributed by atoms with Crippen molar-refractivity contribution in [1.82, 2.24) is 0 Å². The second-order valence-electron chi connectivity index (χ2n) is 5.05. The molecule has 0 fully saturated rings. The lowest BCUT2D eigenvalue weighted by molar-refractivity contribution is 0.487. The molecule has 0 rings (SSSR count). The second kappa shape index (κ2) is 12.8. The number of hydrogen-bond donors (Lipinski definition) is 0. The lowest BCUT2D eigenvalue weighted by Gasteiger charge is -2.10. The van der Waals surface area contributed by atoms with E-state index in [2.05, 4.69) is 26.5 Å². The minimum absolute atomic E-state index is 0.782. The van der Waals surface area contributed by atoms with Crippen LogP contribution in [-0.2, 0) is 0 Å². The Bertz CT molecular complexity index is 137. The van der Waals surface area contributed by atoms with Crippen molar-refractivity contribution in [2.24, 2.45) is 5.92 Å². The summed E-state index contributed by atoms with van der Waals surface area (Å²) in [5, 5.41) is 0. The summed E-state index contributed by atoms with van der Waals surface area (Å²) >= 11 is 0. The molecule has 0 aromatic heterocycles. The first-order chi connectivity index (χ1) is 7.85. The second-order valence-corrected chi connectivity index (χ2v) is 5.05. The van der Waals surface area contributed by atoms with Crippen molar-refractivity contribution in [1.29, 1.82) is 0 Å². The molecule has 0 heteroatoms. The van der Waals surface area contributed by atoms with Gasteiger partial charge in [0.1, 0.15) is 0 Å². The van der Waals surface area contributed by atoms with Gasteiger partial charge in [-0.2, -0.15) is 0 Å². The average molecular weight is 224 g/mol. The van der Waals surface area contributed by atoms with Crippen LogP contribution >= 0.6 is 0 Å². The molecule has 0 saturated heterocycles. The van der Waals surface area contributed by atoms with Crippen LogP contribution in [0.3, 0.4) is 0 Å². The molecule has 16 heavy (non-hydrogen) atoms. The maximum Gasteiger partial charge on any atom is -0.0236 e. The molecule has 0 heterocycles. The highest BCUT2D eigenvalue weighted by atomic mass is 14.1. The Hall–Kier alpha value is -0.260. The van der Waals surface area contributed by atoms with Gasteiger partial charge in [0.25, 0.3) is 0 Å². The summed E-state index contributed by atoms with van der Waals surface area (Å²) in [4.78, 5) is 0. The van der Waals surface area contributed by atoms with Crippen molar-refractivity contribution in [3.05, 3.63) is 12.7 Å². The summed E-state index contributed by atoms with van der Waals surface area (Å²) in [6.45, 7) is 8.48. The van der Waals surface area contributed by atoms with Crippen LogP contribution in [0.15, 0.2) is 12.7 Å². The molecule has 0 aliphatic heterocycles. The first kappa shape index (κ1) is 15.7. The molecule has 0 aliphatic carbocycles. The molecule has 0 radical (unpaired) electrons. The zero-order valence-electron chi connectivity index (χ0n) is 11.6. The smallest absolute Gasteiger partial charge is 0.0236 e. The van der Waals surface area contributed by atoms with Gasteiger partial charge in [-0.15, -0.1) is 6.58 Å². The summed E-state index contributed by atoms with van der Waals surface area (Å²) in [6.07, 6.45) is 17.6. The van der Waals surface area contributed by atoms with E-state index in [9.17, 15) is 0 Å². The Morgan fingerprint density at radius 1 is 0.750 bits per heavy atom. The van der Waals surface area contributed by atoms with Crippen LogP contribution in [0, 0.1) is 5.92 Å². The van der Waals surface area contributed by atoms with Gasteiger partial charge in [0, 0.05) is 0 Å². The van der Waals surface area contributed by atoms with Gasteiger partial charge < -0.3 is 0 Å². The summed E-state index contributed by atoms with van der Waals surface area (Å²) in [5.74, 6) is 0.782. The van der Waals surface area contributed by atoms with Crippen LogP contribution in [0.2, 0.25) is 0 Å². The number of rotatable bonds is 12. The van der Waals surface area contributed by atoms with E-state index in [4.69, 9.17) is 0 Å². The molecule has 0 aromatic rings. The highest BCUT2D eigenvalue weighted by Crippen LogP contribution is 2.17. The van der Waals surface area contributed by atoms with E-state index in [-0.39, 0.29) is 0 Å². The molecule has 0 spiro atoms. The van der Waals surface area contributed by atoms with Crippen molar-refractivity contribution < 1.29 is 0 Å². The molecule has 0 aromatic carbocycles. The Morgan fingerprint density at radius 3 is 1.81 bits per heavy atom. The van der Waals surface area contributed by atoms with Gasteiger partial charge in [-0.1, -0.05) is 77.7 Å². The fourth-order valence-electron chi connectivity index (χ4n) is 2.29. The van der Waals surface area contributed by atoms with E-state index in [1.807, 2.05) is 0 Å². The van der Waals surface area contributed by atoms with Crippen LogP contribution in [0.4, 0.5) is 0 Å². The largest absolute Gasteiger partial charge is 0.103 e. The van der Waals surface area contributed by atoms with Crippen LogP contribution in [-0.4, -0.2) is 0 Å². The first-order valence-electron chi connectivity index (χ1n) is 7.47. The molecular weight excluding hydrogens is 192 g/mol. The summed E-state index contributed by atoms with van der Waals surface area (Å²) in [7, 11) is 0. The van der Waals surface area contributed by atoms with E-state index >= 15 is 0 Å². The van der Waals surface area contributed by atoms with E-state index in [0.29, 0.717) is 0 Å². The molecule has 0 aliphatic rings. The number of unbranched alkanes of at least 4 members (excludes halogenated alkanes) is 7. The summed E-state index contributed by atoms with van der Waals surface area (Å²) < 4.78 is 0. The van der Waals surface area contributed by atoms with Crippen molar-refractivity contribution in [3.63, 3.8) is 0 Å². The zero-order valence-corrected chi connectivity index (χ0v) is 11.6. The minimum Gasteiger partial charge on any atom is -0.103 e. The number of hydrogen-bond acceptors (Lipinski definition) is 0. The fourth-order valence-corrected chi connectivity index (χ4v) is 2.29. The molecule has 96 valence electrons. The molecule has 0 N–H and O–H groups in total. The summed E-state index contributed by atoms with van der Waals surface area (Å²) in [5.41, 5.74) is 0. The maximum atomic E-state index is 3.93. The van der Waals surface area contributed by atoms with Crippen molar-refractivity contribution in [2.45, 2.75) is 84.5 Å². The van der Waals surface area contributed by atoms with Gasteiger partial charge in [0.15, 0.2) is 0 Å². The SMILES string of the molecule is C=CC(CCC)CCCCCCCCCC. The van der Waals surface area contributed by atoms with E-state index in [0.717, 1.165) is 5.92 Å². The van der Waals surface area contributed by atoms with Crippen LogP contribution < -0.4 is 0 Å². The highest BCUT2D eigenvalue weighted by Gasteiger charge is 2.01. The van der Waals surface area contributed by atoms with E-state index in [1.165, 1.54) is 70.6 Å². The molecule has 0 nitrogen and oxygen atoms in total. The van der Waals surface area contributed by atoms with Gasteiger partial charge in [-0.25, -0.2) is 0 Å². The van der Waals surface area contributed by atoms with Gasteiger partial charge in [-0.3, -0.25) is 0 Å². The highest BCUT2D eigenvalue weighted by molar-refractivity contribution is 4.78. The molecule has 0 amide bonds. The predicted octanol–water partition coefficient (Wildman–Crippen LogP) is 6.12. The van der Waals surface area contributed by atoms with Crippen LogP contribution in [0.25, 0.3) is 0 Å². The lowest BCUT2D eigenvalue weighted by atomic mass is 9.96. The maximum absolute atomic E-state index is 3.93. The average Bonchev–Trinajstić information content (AvgIpc) is 2.31. The first-order valence-corrected chi connectivity index (χ1v) is 7.47. The predicted molar refractivity (Wildman–Crippen MR) is 75.8 cm³/mol. The molecule has 1 unspecified atom stereocenters. The Kier molecular flexibility index (Phi) is 12.6. The zero-order chi connectivity index (χ0) is 12.1. The molecule has 0 saturated carbocycles. The van der Waals surface area contributed by atoms with Crippen LogP contribution in [0.1, 0.15) is 84.5 Å². The van der Waals surface area contributed by atoms with Gasteiger partial charge >= 0.3 is 0 Å². The van der Waals surface area contributed by atoms with Crippen molar-refractivity contribution in [3.8, 4) is 0 Å². The Labute approximate surface area is 104 Å². The third kappa shape index (κ3) is 10.3. The minimum atomic E-state index is 0.782. The van der Waals surface area contributed by atoms with Gasteiger partial charge in [-0.05, 0) is 18.8 Å². The monoisotopic (exact) mass is 224 g/mol. The van der Waals surface area contributed by atoms with E-state index in [1.54, 1.807) is 0 Å². The lowest BCUT2D eigenvalue weighted by Crippen LogP contribution is -1.95. The number of allylic oxidation sites excluding steroid dienone is 1. The standard InChI is InChI=1S/C16H32/c1-4-7-8-9-10-11-12-13-15-16(6-3)14-5-2/h6,16H,3-5,7-15H2,1-2H3. The third-order valence-corrected chi connectivity index (χ3v) is 3.42. The Morgan fingerprint density at radius 2 is 1.31 bits per heavy atom.